The molecule has 1 saturated carbocycles. The minimum atomic E-state index is -2.93. The van der Waals surface area contributed by atoms with Crippen LogP contribution in [0.5, 0.6) is 0 Å². The molecule has 1 aromatic carbocycles. The second-order valence-electron chi connectivity index (χ2n) is 9.14. The maximum absolute atomic E-state index is 14.4. The molecule has 13 heteroatoms. The van der Waals surface area contributed by atoms with Gasteiger partial charge in [0.15, 0.2) is 6.04 Å². The maximum Gasteiger partial charge on any atom is 0.417 e. The number of amides is 3. The molecule has 1 aliphatic carbocycles. The number of nitrogens with zero attached hydrogens (tertiary/aromatic N) is 4. The Morgan fingerprint density at radius 2 is 1.98 bits per heavy atom. The molecule has 4 rings (SSSR count). The summed E-state index contributed by atoms with van der Waals surface area (Å²) in [5.41, 5.74) is -0.150. The first-order valence-electron chi connectivity index (χ1n) is 12.2. The van der Waals surface area contributed by atoms with Gasteiger partial charge in [-0.2, -0.15) is 0 Å². The molecule has 2 aromatic rings. The molecule has 0 bridgehead atoms. The van der Waals surface area contributed by atoms with E-state index in [1.54, 1.807) is 19.1 Å². The highest BCUT2D eigenvalue weighted by Gasteiger charge is 2.49. The topological polar surface area (TPSA) is 105 Å². The highest BCUT2D eigenvalue weighted by atomic mass is 35.5. The molecule has 1 N–H and O–H groups in total. The minimum absolute atomic E-state index is 0.0200. The van der Waals surface area contributed by atoms with Crippen LogP contribution in [-0.2, 0) is 14.3 Å². The molecular formula is C27H25ClF3N5O4. The van der Waals surface area contributed by atoms with Gasteiger partial charge in [0.05, 0.1) is 0 Å². The first-order valence-corrected chi connectivity index (χ1v) is 12.6. The SMILES string of the molecule is C=C(/C(Cl)=C\C=C/C)[C@@H](C(=O)NC1CC(F)(F)C1)N(C(=O)[C@@H]1COC(=O)N1c1ncccn1)c1cccc(F)c1. The molecule has 2 heterocycles. The van der Waals surface area contributed by atoms with Crippen LogP contribution >= 0.6 is 11.6 Å². The molecule has 210 valence electrons. The summed E-state index contributed by atoms with van der Waals surface area (Å²) >= 11 is 6.44. The van der Waals surface area contributed by atoms with Gasteiger partial charge >= 0.3 is 6.09 Å². The normalized spacial score (nSPS) is 19.6. The number of carbonyl (C=O) groups is 3. The van der Waals surface area contributed by atoms with Crippen LogP contribution in [0.25, 0.3) is 0 Å². The van der Waals surface area contributed by atoms with Gasteiger partial charge in [0, 0.05) is 42.0 Å². The van der Waals surface area contributed by atoms with Crippen LogP contribution in [0.3, 0.4) is 0 Å². The van der Waals surface area contributed by atoms with Crippen LogP contribution in [0.15, 0.2) is 78.1 Å². The number of hydrogen-bond donors (Lipinski definition) is 1. The standard InChI is InChI=1S/C27H25ClF3N5O4/c1-3-4-9-20(28)16(2)22(23(37)34-18-13-27(30,31)14-18)35(19-8-5-7-17(29)12-19)24(38)21-15-40-26(39)36(21)25-32-10-6-11-33-25/h3-12,18,21-22H,2,13-15H2,1H3,(H,34,37)/b4-3-,20-9+/t21-,22-/m0/s1. The Balaban J connectivity index is 1.80. The van der Waals surface area contributed by atoms with Crippen molar-refractivity contribution in [1.82, 2.24) is 15.3 Å². The highest BCUT2D eigenvalue weighted by Crippen LogP contribution is 2.38. The summed E-state index contributed by atoms with van der Waals surface area (Å²) in [4.78, 5) is 50.3. The quantitative estimate of drug-likeness (QED) is 0.441. The van der Waals surface area contributed by atoms with Crippen LogP contribution in [0.1, 0.15) is 19.8 Å². The van der Waals surface area contributed by atoms with Gasteiger partial charge in [0.2, 0.25) is 11.9 Å². The molecule has 1 saturated heterocycles. The number of aromatic nitrogens is 2. The highest BCUT2D eigenvalue weighted by molar-refractivity contribution is 6.32. The van der Waals surface area contributed by atoms with E-state index >= 15 is 0 Å². The fourth-order valence-corrected chi connectivity index (χ4v) is 4.50. The summed E-state index contributed by atoms with van der Waals surface area (Å²) in [6.07, 6.45) is 5.30. The molecule has 0 unspecified atom stereocenters. The Kier molecular flexibility index (Phi) is 8.58. The second-order valence-corrected chi connectivity index (χ2v) is 9.54. The van der Waals surface area contributed by atoms with Crippen molar-refractivity contribution in [2.24, 2.45) is 0 Å². The summed E-state index contributed by atoms with van der Waals surface area (Å²) in [6, 6.07) is 2.49. The number of allylic oxidation sites excluding steroid dienone is 3. The molecule has 0 spiro atoms. The lowest BCUT2D eigenvalue weighted by Gasteiger charge is -2.39. The lowest BCUT2D eigenvalue weighted by Crippen LogP contribution is -2.60. The Morgan fingerprint density at radius 3 is 2.60 bits per heavy atom. The zero-order valence-electron chi connectivity index (χ0n) is 21.3. The number of halogens is 4. The lowest BCUT2D eigenvalue weighted by molar-refractivity contribution is -0.132. The smallest absolute Gasteiger partial charge is 0.417 e. The summed E-state index contributed by atoms with van der Waals surface area (Å²) in [7, 11) is 0. The van der Waals surface area contributed by atoms with E-state index in [0.717, 1.165) is 21.9 Å². The van der Waals surface area contributed by atoms with Crippen molar-refractivity contribution in [2.45, 2.75) is 43.8 Å². The molecule has 40 heavy (non-hydrogen) atoms. The predicted molar refractivity (Wildman–Crippen MR) is 141 cm³/mol. The number of alkyl halides is 2. The van der Waals surface area contributed by atoms with Gasteiger partial charge in [-0.3, -0.25) is 14.5 Å². The average Bonchev–Trinajstić information content (AvgIpc) is 3.30. The fraction of sp³-hybridized carbons (Fsp3) is 0.296. The Labute approximate surface area is 233 Å². The van der Waals surface area contributed by atoms with E-state index in [2.05, 4.69) is 21.9 Å². The Hall–Kier alpha value is -4.19. The number of benzene rings is 1. The van der Waals surface area contributed by atoms with Crippen molar-refractivity contribution < 1.29 is 32.3 Å². The number of rotatable bonds is 9. The first kappa shape index (κ1) is 28.8. The summed E-state index contributed by atoms with van der Waals surface area (Å²) in [5, 5.41) is 2.50. The summed E-state index contributed by atoms with van der Waals surface area (Å²) in [5.74, 6) is -5.53. The van der Waals surface area contributed by atoms with Crippen LogP contribution in [-0.4, -0.2) is 58.5 Å². The zero-order valence-corrected chi connectivity index (χ0v) is 22.0. The number of cyclic esters (lactones) is 1. The van der Waals surface area contributed by atoms with Crippen LogP contribution in [0.2, 0.25) is 0 Å². The molecule has 2 aliphatic rings. The van der Waals surface area contributed by atoms with Crippen molar-refractivity contribution in [3.05, 3.63) is 84.0 Å². The zero-order chi connectivity index (χ0) is 29.0. The number of ether oxygens (including phenoxy) is 1. The average molecular weight is 576 g/mol. The fourth-order valence-electron chi connectivity index (χ4n) is 4.32. The van der Waals surface area contributed by atoms with E-state index in [-0.39, 0.29) is 22.2 Å². The van der Waals surface area contributed by atoms with E-state index in [4.69, 9.17) is 16.3 Å². The first-order chi connectivity index (χ1) is 19.0. The molecular weight excluding hydrogens is 551 g/mol. The number of nitrogens with one attached hydrogen (secondary N) is 1. The van der Waals surface area contributed by atoms with Crippen molar-refractivity contribution in [3.8, 4) is 0 Å². The predicted octanol–water partition coefficient (Wildman–Crippen LogP) is 4.51. The van der Waals surface area contributed by atoms with Gasteiger partial charge in [0.1, 0.15) is 18.5 Å². The van der Waals surface area contributed by atoms with E-state index in [1.807, 2.05) is 0 Å². The van der Waals surface area contributed by atoms with Crippen LogP contribution in [0.4, 0.5) is 29.6 Å². The van der Waals surface area contributed by atoms with Gasteiger partial charge in [-0.15, -0.1) is 0 Å². The Morgan fingerprint density at radius 1 is 1.27 bits per heavy atom. The summed E-state index contributed by atoms with van der Waals surface area (Å²) in [6.45, 7) is 5.21. The molecule has 0 radical (unpaired) electrons. The lowest BCUT2D eigenvalue weighted by atomic mass is 9.87. The summed E-state index contributed by atoms with van der Waals surface area (Å²) < 4.78 is 46.6. The molecule has 9 nitrogen and oxygen atoms in total. The van der Waals surface area contributed by atoms with Crippen molar-refractivity contribution in [3.63, 3.8) is 0 Å². The van der Waals surface area contributed by atoms with E-state index in [9.17, 15) is 27.6 Å². The minimum Gasteiger partial charge on any atom is -0.446 e. The van der Waals surface area contributed by atoms with Gasteiger partial charge in [-0.1, -0.05) is 36.4 Å². The third-order valence-electron chi connectivity index (χ3n) is 6.26. The number of anilines is 2. The van der Waals surface area contributed by atoms with E-state index in [0.29, 0.717) is 0 Å². The number of hydrogen-bond acceptors (Lipinski definition) is 6. The molecule has 2 fully saturated rings. The largest absolute Gasteiger partial charge is 0.446 e. The van der Waals surface area contributed by atoms with Gasteiger partial charge < -0.3 is 10.1 Å². The molecule has 2 atom stereocenters. The molecule has 1 aliphatic heterocycles. The van der Waals surface area contributed by atoms with Gasteiger partial charge in [0.25, 0.3) is 11.8 Å². The number of carbonyl (C=O) groups excluding carboxylic acids is 3. The third kappa shape index (κ3) is 6.17. The van der Waals surface area contributed by atoms with Crippen molar-refractivity contribution in [1.29, 1.82) is 0 Å². The van der Waals surface area contributed by atoms with Gasteiger partial charge in [-0.25, -0.2) is 32.8 Å². The van der Waals surface area contributed by atoms with Gasteiger partial charge in [-0.05, 0) is 42.8 Å². The molecule has 1 aromatic heterocycles. The van der Waals surface area contributed by atoms with E-state index in [1.165, 1.54) is 36.7 Å². The van der Waals surface area contributed by atoms with Crippen LogP contribution in [0, 0.1) is 5.82 Å². The monoisotopic (exact) mass is 575 g/mol. The van der Waals surface area contributed by atoms with Crippen molar-refractivity contribution >= 4 is 41.1 Å². The Bertz CT molecular complexity index is 1360. The molecule has 3 amide bonds. The third-order valence-corrected chi connectivity index (χ3v) is 6.63. The van der Waals surface area contributed by atoms with Crippen LogP contribution < -0.4 is 15.1 Å². The van der Waals surface area contributed by atoms with Crippen molar-refractivity contribution in [2.75, 3.05) is 16.4 Å². The van der Waals surface area contributed by atoms with E-state index < -0.39 is 67.2 Å². The second kappa shape index (κ2) is 11.9. The maximum atomic E-state index is 14.4.